The summed E-state index contributed by atoms with van der Waals surface area (Å²) >= 11 is 26.3. The molecule has 14 heavy (non-hydrogen) atoms. The van der Waals surface area contributed by atoms with Crippen LogP contribution in [0.5, 0.6) is 0 Å². The maximum atomic E-state index is 5.76. The number of alkyl halides is 4. The highest BCUT2D eigenvalue weighted by Crippen LogP contribution is 2.40. The molecule has 1 unspecified atom stereocenters. The predicted octanol–water partition coefficient (Wildman–Crippen LogP) is 5.54. The fourth-order valence-corrected chi connectivity index (χ4v) is 2.93. The minimum Gasteiger partial charge on any atom is -0.0843 e. The van der Waals surface area contributed by atoms with Crippen LogP contribution in [0.4, 0.5) is 0 Å². The second kappa shape index (κ2) is 5.27. The van der Waals surface area contributed by atoms with Crippen molar-refractivity contribution in [3.05, 3.63) is 34.9 Å². The summed E-state index contributed by atoms with van der Waals surface area (Å²) in [4.78, 5) is 0.0206. The molecule has 0 bridgehead atoms. The van der Waals surface area contributed by atoms with Gasteiger partial charge in [0.25, 0.3) is 0 Å². The average molecular weight is 337 g/mol. The lowest BCUT2D eigenvalue weighted by molar-refractivity contribution is 0.843. The van der Waals surface area contributed by atoms with Gasteiger partial charge in [-0.1, -0.05) is 74.5 Å². The maximum Gasteiger partial charge on any atom is 0.192 e. The van der Waals surface area contributed by atoms with E-state index in [-0.39, 0.29) is 4.83 Å². The quantitative estimate of drug-likeness (QED) is 0.622. The van der Waals surface area contributed by atoms with E-state index in [1.807, 2.05) is 24.3 Å². The van der Waals surface area contributed by atoms with E-state index in [2.05, 4.69) is 15.9 Å². The summed E-state index contributed by atoms with van der Waals surface area (Å²) in [6.07, 6.45) is 0.416. The van der Waals surface area contributed by atoms with Gasteiger partial charge in [0.05, 0.1) is 0 Å². The molecular formula is C9H7BrCl4. The van der Waals surface area contributed by atoms with Gasteiger partial charge in [0, 0.05) is 16.3 Å². The lowest BCUT2D eigenvalue weighted by atomic mass is 10.1. The van der Waals surface area contributed by atoms with Gasteiger partial charge < -0.3 is 0 Å². The van der Waals surface area contributed by atoms with E-state index < -0.39 is 3.79 Å². The van der Waals surface area contributed by atoms with E-state index in [1.54, 1.807) is 0 Å². The highest BCUT2D eigenvalue weighted by molar-refractivity contribution is 9.09. The van der Waals surface area contributed by atoms with Gasteiger partial charge in [-0.2, -0.15) is 0 Å². The minimum atomic E-state index is -1.24. The number of hydrogen-bond donors (Lipinski definition) is 0. The zero-order valence-electron chi connectivity index (χ0n) is 6.98. The van der Waals surface area contributed by atoms with Crippen molar-refractivity contribution in [1.29, 1.82) is 0 Å². The first-order chi connectivity index (χ1) is 6.38. The van der Waals surface area contributed by atoms with E-state index in [1.165, 1.54) is 0 Å². The van der Waals surface area contributed by atoms with Crippen molar-refractivity contribution in [1.82, 2.24) is 0 Å². The highest BCUT2D eigenvalue weighted by Gasteiger charge is 2.24. The fourth-order valence-electron chi connectivity index (χ4n) is 0.993. The van der Waals surface area contributed by atoms with Crippen molar-refractivity contribution in [3.63, 3.8) is 0 Å². The van der Waals surface area contributed by atoms with Crippen molar-refractivity contribution in [3.8, 4) is 0 Å². The van der Waals surface area contributed by atoms with Crippen LogP contribution in [0.1, 0.15) is 16.8 Å². The zero-order chi connectivity index (χ0) is 10.8. The van der Waals surface area contributed by atoms with Gasteiger partial charge in [0.15, 0.2) is 3.79 Å². The van der Waals surface area contributed by atoms with Crippen LogP contribution in [0, 0.1) is 0 Å². The van der Waals surface area contributed by atoms with Gasteiger partial charge in [-0.15, -0.1) is 0 Å². The van der Waals surface area contributed by atoms with Crippen molar-refractivity contribution in [2.45, 2.75) is 15.0 Å². The summed E-state index contributed by atoms with van der Waals surface area (Å²) in [6, 6.07) is 7.42. The Labute approximate surface area is 112 Å². The van der Waals surface area contributed by atoms with Crippen molar-refractivity contribution in [2.24, 2.45) is 0 Å². The normalized spacial score (nSPS) is 14.1. The highest BCUT2D eigenvalue weighted by atomic mass is 79.9. The van der Waals surface area contributed by atoms with E-state index in [0.717, 1.165) is 5.56 Å². The first-order valence-corrected chi connectivity index (χ1v) is 6.27. The Hall–Kier alpha value is 0.860. The topological polar surface area (TPSA) is 0 Å². The summed E-state index contributed by atoms with van der Waals surface area (Å²) in [5, 5.41) is 0.697. The zero-order valence-corrected chi connectivity index (χ0v) is 11.6. The molecule has 0 saturated carbocycles. The summed E-state index contributed by atoms with van der Waals surface area (Å²) < 4.78 is -1.24. The summed E-state index contributed by atoms with van der Waals surface area (Å²) in [5.41, 5.74) is 1.04. The SMILES string of the molecule is Clc1ccc(C(Br)CC(Cl)(Cl)Cl)cc1. The molecule has 0 nitrogen and oxygen atoms in total. The first kappa shape index (κ1) is 12.9. The summed E-state index contributed by atoms with van der Waals surface area (Å²) in [7, 11) is 0. The van der Waals surface area contributed by atoms with Gasteiger partial charge in [-0.25, -0.2) is 0 Å². The molecule has 0 heterocycles. The molecule has 0 aliphatic rings. The summed E-state index contributed by atoms with van der Waals surface area (Å²) in [6.45, 7) is 0. The van der Waals surface area contributed by atoms with E-state index >= 15 is 0 Å². The summed E-state index contributed by atoms with van der Waals surface area (Å²) in [5.74, 6) is 0. The largest absolute Gasteiger partial charge is 0.192 e. The molecular weight excluding hydrogens is 330 g/mol. The van der Waals surface area contributed by atoms with E-state index in [0.29, 0.717) is 11.4 Å². The maximum absolute atomic E-state index is 5.76. The molecule has 1 rings (SSSR count). The predicted molar refractivity (Wildman–Crippen MR) is 68.0 cm³/mol. The molecule has 0 aliphatic heterocycles. The van der Waals surface area contributed by atoms with Crippen LogP contribution >= 0.6 is 62.3 Å². The second-order valence-electron chi connectivity index (χ2n) is 2.84. The molecule has 0 N–H and O–H groups in total. The third-order valence-electron chi connectivity index (χ3n) is 1.64. The number of benzene rings is 1. The van der Waals surface area contributed by atoms with Crippen LogP contribution in [-0.4, -0.2) is 3.79 Å². The Balaban J connectivity index is 2.70. The Morgan fingerprint density at radius 1 is 1.14 bits per heavy atom. The number of halogens is 5. The van der Waals surface area contributed by atoms with Crippen molar-refractivity contribution in [2.75, 3.05) is 0 Å². The molecule has 1 atom stereocenters. The van der Waals surface area contributed by atoms with Crippen LogP contribution in [0.25, 0.3) is 0 Å². The standard InChI is InChI=1S/C9H7BrCl4/c10-8(5-9(12,13)14)6-1-3-7(11)4-2-6/h1-4,8H,5H2. The van der Waals surface area contributed by atoms with Crippen LogP contribution < -0.4 is 0 Å². The number of hydrogen-bond acceptors (Lipinski definition) is 0. The van der Waals surface area contributed by atoms with E-state index in [9.17, 15) is 0 Å². The third kappa shape index (κ3) is 4.59. The third-order valence-corrected chi connectivity index (χ3v) is 3.21. The van der Waals surface area contributed by atoms with Gasteiger partial charge in [0.1, 0.15) is 0 Å². The fraction of sp³-hybridized carbons (Fsp3) is 0.333. The van der Waals surface area contributed by atoms with Gasteiger partial charge in [0.2, 0.25) is 0 Å². The van der Waals surface area contributed by atoms with Crippen LogP contribution in [0.15, 0.2) is 24.3 Å². The molecule has 0 fully saturated rings. The lowest BCUT2D eigenvalue weighted by Crippen LogP contribution is -2.05. The molecule has 0 amide bonds. The lowest BCUT2D eigenvalue weighted by Gasteiger charge is -2.16. The number of rotatable bonds is 2. The second-order valence-corrected chi connectivity index (χ2v) is 6.90. The molecule has 78 valence electrons. The molecule has 0 radical (unpaired) electrons. The molecule has 1 aromatic carbocycles. The van der Waals surface area contributed by atoms with Gasteiger partial charge >= 0.3 is 0 Å². The van der Waals surface area contributed by atoms with Gasteiger partial charge in [-0.3, -0.25) is 0 Å². The molecule has 0 aliphatic carbocycles. The molecule has 5 heteroatoms. The first-order valence-electron chi connectivity index (χ1n) is 3.85. The Kier molecular flexibility index (Phi) is 4.86. The van der Waals surface area contributed by atoms with Crippen LogP contribution in [0.3, 0.4) is 0 Å². The van der Waals surface area contributed by atoms with Gasteiger partial charge in [-0.05, 0) is 17.7 Å². The minimum absolute atomic E-state index is 0.0206. The Morgan fingerprint density at radius 2 is 1.64 bits per heavy atom. The monoisotopic (exact) mass is 334 g/mol. The smallest absolute Gasteiger partial charge is 0.0843 e. The van der Waals surface area contributed by atoms with E-state index in [4.69, 9.17) is 46.4 Å². The van der Waals surface area contributed by atoms with Crippen LogP contribution in [0.2, 0.25) is 5.02 Å². The van der Waals surface area contributed by atoms with Crippen molar-refractivity contribution < 1.29 is 0 Å². The Morgan fingerprint density at radius 3 is 2.07 bits per heavy atom. The molecule has 0 aromatic heterocycles. The van der Waals surface area contributed by atoms with Crippen LogP contribution in [-0.2, 0) is 0 Å². The molecule has 0 spiro atoms. The molecule has 1 aromatic rings. The average Bonchev–Trinajstić information content (AvgIpc) is 2.02. The molecule has 0 saturated heterocycles. The Bertz CT molecular complexity index is 291. The van der Waals surface area contributed by atoms with Crippen molar-refractivity contribution >= 4 is 62.3 Å².